The molecular weight excluding hydrogens is 285 g/mol. The molecule has 1 aliphatic rings. The summed E-state index contributed by atoms with van der Waals surface area (Å²) in [6.07, 6.45) is 0. The van der Waals surface area contributed by atoms with Gasteiger partial charge in [-0.05, 0) is 12.1 Å². The molecule has 0 spiro atoms. The van der Waals surface area contributed by atoms with Crippen LogP contribution in [0.3, 0.4) is 0 Å². The highest BCUT2D eigenvalue weighted by Crippen LogP contribution is 2.38. The summed E-state index contributed by atoms with van der Waals surface area (Å²) >= 11 is 0. The van der Waals surface area contributed by atoms with E-state index in [1.54, 1.807) is 0 Å². The number of carbonyl (C=O) groups is 1. The number of rotatable bonds is 3. The summed E-state index contributed by atoms with van der Waals surface area (Å²) in [7, 11) is -8.96. The standard InChI is InChI=1S/C8H8NO7PS/c10-8-6-3-1-2-4-7(6)18(14,15)9(8)5-16-17(11,12)13/h1-4H,5H2,(H2,11,12,13). The fourth-order valence-corrected chi connectivity index (χ4v) is 3.26. The maximum atomic E-state index is 11.9. The highest BCUT2D eigenvalue weighted by atomic mass is 32.2. The number of carbonyl (C=O) groups excluding carboxylic acids is 1. The normalized spacial score (nSPS) is 17.9. The number of nitrogens with zero attached hydrogens (tertiary/aromatic N) is 1. The second-order valence-electron chi connectivity index (χ2n) is 3.40. The molecule has 1 aliphatic heterocycles. The van der Waals surface area contributed by atoms with Crippen molar-refractivity contribution in [3.63, 3.8) is 0 Å². The summed E-state index contributed by atoms with van der Waals surface area (Å²) in [5.41, 5.74) is -0.0492. The average Bonchev–Trinajstić information content (AvgIpc) is 2.45. The Labute approximate surface area is 102 Å². The zero-order valence-electron chi connectivity index (χ0n) is 8.75. The maximum absolute atomic E-state index is 11.9. The molecule has 0 radical (unpaired) electrons. The maximum Gasteiger partial charge on any atom is 0.471 e. The Kier molecular flexibility index (Phi) is 3.04. The van der Waals surface area contributed by atoms with Crippen LogP contribution >= 0.6 is 7.82 Å². The van der Waals surface area contributed by atoms with Crippen LogP contribution in [0, 0.1) is 0 Å². The van der Waals surface area contributed by atoms with E-state index in [4.69, 9.17) is 9.79 Å². The van der Waals surface area contributed by atoms with Crippen molar-refractivity contribution in [1.29, 1.82) is 0 Å². The minimum atomic E-state index is -4.85. The summed E-state index contributed by atoms with van der Waals surface area (Å²) in [4.78, 5) is 28.6. The Morgan fingerprint density at radius 1 is 1.28 bits per heavy atom. The van der Waals surface area contributed by atoms with Gasteiger partial charge in [-0.1, -0.05) is 12.1 Å². The molecule has 0 saturated heterocycles. The third-order valence-corrected chi connectivity index (χ3v) is 4.47. The zero-order chi connectivity index (χ0) is 13.6. The molecule has 0 saturated carbocycles. The Morgan fingerprint density at radius 2 is 1.89 bits per heavy atom. The van der Waals surface area contributed by atoms with Crippen LogP contribution < -0.4 is 0 Å². The first-order valence-corrected chi connectivity index (χ1v) is 7.57. The summed E-state index contributed by atoms with van der Waals surface area (Å²) in [5.74, 6) is -0.876. The van der Waals surface area contributed by atoms with Gasteiger partial charge in [-0.3, -0.25) is 9.32 Å². The van der Waals surface area contributed by atoms with Gasteiger partial charge in [-0.2, -0.15) is 0 Å². The van der Waals surface area contributed by atoms with Crippen molar-refractivity contribution in [1.82, 2.24) is 4.31 Å². The first kappa shape index (κ1) is 13.2. The lowest BCUT2D eigenvalue weighted by Gasteiger charge is -2.15. The lowest BCUT2D eigenvalue weighted by molar-refractivity contribution is 0.0753. The van der Waals surface area contributed by atoms with Crippen LogP contribution in [0.5, 0.6) is 0 Å². The number of amides is 1. The van der Waals surface area contributed by atoms with Crippen molar-refractivity contribution < 1.29 is 32.1 Å². The van der Waals surface area contributed by atoms with E-state index in [0.717, 1.165) is 0 Å². The van der Waals surface area contributed by atoms with E-state index in [2.05, 4.69) is 4.52 Å². The van der Waals surface area contributed by atoms with Crippen LogP contribution in [0.1, 0.15) is 10.4 Å². The predicted molar refractivity (Wildman–Crippen MR) is 57.8 cm³/mol. The van der Waals surface area contributed by atoms with Gasteiger partial charge in [0.2, 0.25) is 0 Å². The van der Waals surface area contributed by atoms with Crippen molar-refractivity contribution in [3.8, 4) is 0 Å². The molecule has 1 heterocycles. The van der Waals surface area contributed by atoms with E-state index < -0.39 is 30.5 Å². The van der Waals surface area contributed by atoms with Crippen LogP contribution in [-0.4, -0.2) is 35.1 Å². The monoisotopic (exact) mass is 293 g/mol. The van der Waals surface area contributed by atoms with E-state index in [1.807, 2.05) is 0 Å². The van der Waals surface area contributed by atoms with Gasteiger partial charge >= 0.3 is 7.82 Å². The molecule has 0 aliphatic carbocycles. The van der Waals surface area contributed by atoms with E-state index in [9.17, 15) is 17.8 Å². The van der Waals surface area contributed by atoms with Gasteiger partial charge in [-0.25, -0.2) is 17.3 Å². The lowest BCUT2D eigenvalue weighted by atomic mass is 10.2. The Morgan fingerprint density at radius 3 is 2.44 bits per heavy atom. The minimum absolute atomic E-state index is 0.0492. The van der Waals surface area contributed by atoms with E-state index in [1.165, 1.54) is 24.3 Å². The highest BCUT2D eigenvalue weighted by molar-refractivity contribution is 7.90. The summed E-state index contributed by atoms with van der Waals surface area (Å²) in [5, 5.41) is 0. The summed E-state index contributed by atoms with van der Waals surface area (Å²) in [6, 6.07) is 5.48. The molecule has 8 nitrogen and oxygen atoms in total. The molecule has 0 unspecified atom stereocenters. The van der Waals surface area contributed by atoms with Crippen LogP contribution in [0.25, 0.3) is 0 Å². The van der Waals surface area contributed by atoms with Crippen LogP contribution in [0.4, 0.5) is 0 Å². The van der Waals surface area contributed by atoms with Gasteiger partial charge in [0.15, 0.2) is 0 Å². The Hall–Kier alpha value is -1.25. The van der Waals surface area contributed by atoms with Gasteiger partial charge in [0.25, 0.3) is 15.9 Å². The molecule has 1 amide bonds. The van der Waals surface area contributed by atoms with Gasteiger partial charge in [-0.15, -0.1) is 0 Å². The smallest absolute Gasteiger partial charge is 0.303 e. The largest absolute Gasteiger partial charge is 0.471 e. The Bertz CT molecular complexity index is 649. The summed E-state index contributed by atoms with van der Waals surface area (Å²) < 4.78 is 38.6. The molecule has 1 aromatic rings. The average molecular weight is 293 g/mol. The second kappa shape index (κ2) is 4.15. The number of phosphoric acid groups is 1. The minimum Gasteiger partial charge on any atom is -0.303 e. The van der Waals surface area contributed by atoms with Crippen LogP contribution in [0.2, 0.25) is 0 Å². The van der Waals surface area contributed by atoms with Crippen molar-refractivity contribution in [2.24, 2.45) is 0 Å². The lowest BCUT2D eigenvalue weighted by Crippen LogP contribution is -2.31. The molecule has 0 fully saturated rings. The predicted octanol–water partition coefficient (Wildman–Crippen LogP) is -0.102. The number of fused-ring (bicyclic) bond motifs is 1. The van der Waals surface area contributed by atoms with Crippen LogP contribution in [0.15, 0.2) is 29.2 Å². The van der Waals surface area contributed by atoms with E-state index >= 15 is 0 Å². The molecule has 2 N–H and O–H groups in total. The number of hydrogen-bond donors (Lipinski definition) is 2. The van der Waals surface area contributed by atoms with Crippen molar-refractivity contribution >= 4 is 23.8 Å². The topological polar surface area (TPSA) is 121 Å². The van der Waals surface area contributed by atoms with Crippen molar-refractivity contribution in [2.45, 2.75) is 4.90 Å². The van der Waals surface area contributed by atoms with Gasteiger partial charge in [0.05, 0.1) is 5.56 Å². The van der Waals surface area contributed by atoms with E-state index in [-0.39, 0.29) is 14.8 Å². The quantitative estimate of drug-likeness (QED) is 0.746. The number of benzene rings is 1. The number of phosphoric ester groups is 1. The molecule has 2 rings (SSSR count). The molecule has 1 aromatic carbocycles. The molecular formula is C8H8NO7PS. The van der Waals surface area contributed by atoms with Gasteiger partial charge in [0, 0.05) is 0 Å². The SMILES string of the molecule is O=C1c2ccccc2S(=O)(=O)N1COP(=O)(O)O. The second-order valence-corrected chi connectivity index (χ2v) is 6.47. The number of sulfonamides is 1. The molecule has 0 aromatic heterocycles. The third kappa shape index (κ3) is 2.18. The molecule has 0 atom stereocenters. The molecule has 98 valence electrons. The van der Waals surface area contributed by atoms with Crippen molar-refractivity contribution in [3.05, 3.63) is 29.8 Å². The van der Waals surface area contributed by atoms with E-state index in [0.29, 0.717) is 0 Å². The first-order valence-electron chi connectivity index (χ1n) is 4.60. The fourth-order valence-electron chi connectivity index (χ4n) is 1.49. The van der Waals surface area contributed by atoms with Crippen LogP contribution in [-0.2, 0) is 19.1 Å². The number of hydrogen-bond acceptors (Lipinski definition) is 5. The first-order chi connectivity index (χ1) is 8.23. The third-order valence-electron chi connectivity index (χ3n) is 2.26. The molecule has 18 heavy (non-hydrogen) atoms. The summed E-state index contributed by atoms with van der Waals surface area (Å²) in [6.45, 7) is -1.03. The molecule has 0 bridgehead atoms. The Balaban J connectivity index is 2.37. The van der Waals surface area contributed by atoms with Gasteiger partial charge < -0.3 is 9.79 Å². The molecule has 10 heteroatoms. The fraction of sp³-hybridized carbons (Fsp3) is 0.125. The van der Waals surface area contributed by atoms with Gasteiger partial charge in [0.1, 0.15) is 11.6 Å². The van der Waals surface area contributed by atoms with Crippen molar-refractivity contribution in [2.75, 3.05) is 6.73 Å². The highest BCUT2D eigenvalue weighted by Gasteiger charge is 2.41. The zero-order valence-corrected chi connectivity index (χ0v) is 10.5.